The lowest BCUT2D eigenvalue weighted by molar-refractivity contribution is -0.116. The molecule has 2 aromatic carbocycles. The molecule has 2 aromatic rings. The van der Waals surface area contributed by atoms with E-state index >= 15 is 0 Å². The summed E-state index contributed by atoms with van der Waals surface area (Å²) in [6, 6.07) is 16.0. The topological polar surface area (TPSA) is 49.4 Å². The zero-order chi connectivity index (χ0) is 18.9. The van der Waals surface area contributed by atoms with E-state index in [1.54, 1.807) is 11.8 Å². The molecule has 1 aliphatic heterocycles. The van der Waals surface area contributed by atoms with Gasteiger partial charge in [-0.15, -0.1) is 11.8 Å². The first kappa shape index (κ1) is 18.5. The van der Waals surface area contributed by atoms with Crippen LogP contribution in [0.1, 0.15) is 44.2 Å². The van der Waals surface area contributed by atoms with Crippen molar-refractivity contribution in [3.8, 4) is 0 Å². The molecule has 1 fully saturated rings. The van der Waals surface area contributed by atoms with Crippen molar-refractivity contribution in [2.75, 3.05) is 16.0 Å². The van der Waals surface area contributed by atoms with Gasteiger partial charge in [0.2, 0.25) is 11.8 Å². The molecule has 0 saturated carbocycles. The molecule has 136 valence electrons. The molecule has 0 bridgehead atoms. The average molecular weight is 369 g/mol. The highest BCUT2D eigenvalue weighted by Crippen LogP contribution is 2.42. The van der Waals surface area contributed by atoms with Crippen molar-refractivity contribution in [1.29, 1.82) is 0 Å². The number of benzene rings is 2. The predicted molar refractivity (Wildman–Crippen MR) is 109 cm³/mol. The zero-order valence-corrected chi connectivity index (χ0v) is 16.4. The van der Waals surface area contributed by atoms with Crippen molar-refractivity contribution < 1.29 is 9.59 Å². The molecule has 1 N–H and O–H groups in total. The number of hydrogen-bond acceptors (Lipinski definition) is 3. The molecule has 0 spiro atoms. The Hall–Kier alpha value is -2.27. The van der Waals surface area contributed by atoms with Crippen molar-refractivity contribution >= 4 is 35.0 Å². The minimum Gasteiger partial charge on any atom is -0.326 e. The first-order chi connectivity index (χ1) is 12.3. The molecular weight excluding hydrogens is 344 g/mol. The van der Waals surface area contributed by atoms with Crippen LogP contribution in [0.3, 0.4) is 0 Å². The molecule has 1 saturated heterocycles. The highest BCUT2D eigenvalue weighted by atomic mass is 32.2. The highest BCUT2D eigenvalue weighted by molar-refractivity contribution is 8.00. The second-order valence-electron chi connectivity index (χ2n) is 7.53. The van der Waals surface area contributed by atoms with Crippen molar-refractivity contribution in [2.24, 2.45) is 0 Å². The van der Waals surface area contributed by atoms with Crippen LogP contribution < -0.4 is 10.2 Å². The number of amides is 2. The van der Waals surface area contributed by atoms with Crippen molar-refractivity contribution in [1.82, 2.24) is 0 Å². The van der Waals surface area contributed by atoms with Crippen LogP contribution in [0.4, 0.5) is 11.4 Å². The van der Waals surface area contributed by atoms with Crippen LogP contribution in [0, 0.1) is 0 Å². The number of carbonyl (C=O) groups excluding carboxylic acids is 2. The Labute approximate surface area is 159 Å². The number of hydrogen-bond donors (Lipinski definition) is 1. The largest absolute Gasteiger partial charge is 0.326 e. The average Bonchev–Trinajstić information content (AvgIpc) is 2.96. The van der Waals surface area contributed by atoms with Crippen molar-refractivity contribution in [2.45, 2.75) is 38.5 Å². The monoisotopic (exact) mass is 368 g/mol. The summed E-state index contributed by atoms with van der Waals surface area (Å²) >= 11 is 1.63. The Bertz CT molecular complexity index is 807. The molecule has 0 aliphatic carbocycles. The number of nitrogens with zero attached hydrogens (tertiary/aromatic N) is 1. The fraction of sp³-hybridized carbons (Fsp3) is 0.333. The van der Waals surface area contributed by atoms with Gasteiger partial charge in [-0.1, -0.05) is 45.0 Å². The summed E-state index contributed by atoms with van der Waals surface area (Å²) in [4.78, 5) is 25.5. The molecular formula is C21H24N2O2S. The lowest BCUT2D eigenvalue weighted by atomic mass is 9.87. The number of anilines is 2. The zero-order valence-electron chi connectivity index (χ0n) is 15.6. The Morgan fingerprint density at radius 1 is 1.08 bits per heavy atom. The smallest absolute Gasteiger partial charge is 0.238 e. The molecule has 1 heterocycles. The molecule has 0 radical (unpaired) electrons. The summed E-state index contributed by atoms with van der Waals surface area (Å²) in [5, 5.41) is 2.72. The fourth-order valence-electron chi connectivity index (χ4n) is 3.01. The van der Waals surface area contributed by atoms with Gasteiger partial charge in [-0.3, -0.25) is 14.5 Å². The maximum atomic E-state index is 12.5. The Kier molecular flexibility index (Phi) is 5.10. The van der Waals surface area contributed by atoms with Crippen LogP contribution in [0.2, 0.25) is 0 Å². The molecule has 3 rings (SSSR count). The van der Waals surface area contributed by atoms with E-state index in [4.69, 9.17) is 0 Å². The standard InChI is InChI=1S/C21H24N2O2S/c1-14(24)22-17-9-5-15(6-10-17)20-23(19(25)13-26-20)18-11-7-16(8-12-18)21(2,3)4/h5-12,20H,13H2,1-4H3,(H,22,24)/t20-/m0/s1. The minimum absolute atomic E-state index is 0.0469. The van der Waals surface area contributed by atoms with Crippen LogP contribution in [0.15, 0.2) is 48.5 Å². The third-order valence-electron chi connectivity index (χ3n) is 4.40. The Morgan fingerprint density at radius 2 is 1.69 bits per heavy atom. The van der Waals surface area contributed by atoms with Gasteiger partial charge in [0.05, 0.1) is 5.75 Å². The molecule has 0 aromatic heterocycles. The highest BCUT2D eigenvalue weighted by Gasteiger charge is 2.34. The van der Waals surface area contributed by atoms with E-state index in [0.29, 0.717) is 5.75 Å². The van der Waals surface area contributed by atoms with Crippen LogP contribution in [0.5, 0.6) is 0 Å². The molecule has 1 atom stereocenters. The minimum atomic E-state index is -0.0938. The van der Waals surface area contributed by atoms with Crippen LogP contribution in [-0.2, 0) is 15.0 Å². The molecule has 5 heteroatoms. The van der Waals surface area contributed by atoms with E-state index in [2.05, 4.69) is 38.2 Å². The van der Waals surface area contributed by atoms with Gasteiger partial charge in [-0.2, -0.15) is 0 Å². The van der Waals surface area contributed by atoms with Gasteiger partial charge in [0.1, 0.15) is 5.37 Å². The van der Waals surface area contributed by atoms with Crippen LogP contribution in [0.25, 0.3) is 0 Å². The summed E-state index contributed by atoms with van der Waals surface area (Å²) < 4.78 is 0. The van der Waals surface area contributed by atoms with Gasteiger partial charge in [0, 0.05) is 18.3 Å². The van der Waals surface area contributed by atoms with E-state index in [0.717, 1.165) is 16.9 Å². The van der Waals surface area contributed by atoms with Gasteiger partial charge >= 0.3 is 0 Å². The lowest BCUT2D eigenvalue weighted by Crippen LogP contribution is -2.28. The quantitative estimate of drug-likeness (QED) is 0.853. The summed E-state index contributed by atoms with van der Waals surface area (Å²) in [5.41, 5.74) is 4.06. The van der Waals surface area contributed by atoms with E-state index in [9.17, 15) is 9.59 Å². The third kappa shape index (κ3) is 3.93. The maximum absolute atomic E-state index is 12.5. The van der Waals surface area contributed by atoms with Crippen molar-refractivity contribution in [3.05, 3.63) is 59.7 Å². The van der Waals surface area contributed by atoms with E-state index in [1.807, 2.05) is 41.3 Å². The van der Waals surface area contributed by atoms with Crippen molar-refractivity contribution in [3.63, 3.8) is 0 Å². The fourth-order valence-corrected chi connectivity index (χ4v) is 4.18. The first-order valence-corrected chi connectivity index (χ1v) is 9.72. The van der Waals surface area contributed by atoms with Gasteiger partial charge in [0.15, 0.2) is 0 Å². The molecule has 26 heavy (non-hydrogen) atoms. The molecule has 1 aliphatic rings. The van der Waals surface area contributed by atoms with E-state index in [1.165, 1.54) is 12.5 Å². The summed E-state index contributed by atoms with van der Waals surface area (Å²) in [6.07, 6.45) is 0. The molecule has 4 nitrogen and oxygen atoms in total. The van der Waals surface area contributed by atoms with E-state index < -0.39 is 0 Å². The SMILES string of the molecule is CC(=O)Nc1ccc([C@@H]2SCC(=O)N2c2ccc(C(C)(C)C)cc2)cc1. The van der Waals surface area contributed by atoms with Gasteiger partial charge in [-0.25, -0.2) is 0 Å². The molecule has 0 unspecified atom stereocenters. The number of nitrogens with one attached hydrogen (secondary N) is 1. The first-order valence-electron chi connectivity index (χ1n) is 8.67. The number of thioether (sulfide) groups is 1. The summed E-state index contributed by atoms with van der Waals surface area (Å²) in [5.74, 6) is 0.497. The van der Waals surface area contributed by atoms with Gasteiger partial charge in [0.25, 0.3) is 0 Å². The van der Waals surface area contributed by atoms with Crippen LogP contribution >= 0.6 is 11.8 Å². The second kappa shape index (κ2) is 7.16. The molecule has 2 amide bonds. The second-order valence-corrected chi connectivity index (χ2v) is 8.60. The van der Waals surface area contributed by atoms with E-state index in [-0.39, 0.29) is 22.6 Å². The Morgan fingerprint density at radius 3 is 2.23 bits per heavy atom. The number of rotatable bonds is 3. The number of carbonyl (C=O) groups is 2. The summed E-state index contributed by atoms with van der Waals surface area (Å²) in [6.45, 7) is 8.03. The van der Waals surface area contributed by atoms with Crippen LogP contribution in [-0.4, -0.2) is 17.6 Å². The van der Waals surface area contributed by atoms with Gasteiger partial charge < -0.3 is 5.32 Å². The normalized spacial score (nSPS) is 17.5. The maximum Gasteiger partial charge on any atom is 0.238 e. The Balaban J connectivity index is 1.86. The third-order valence-corrected chi connectivity index (χ3v) is 5.61. The van der Waals surface area contributed by atoms with Gasteiger partial charge in [-0.05, 0) is 40.8 Å². The summed E-state index contributed by atoms with van der Waals surface area (Å²) in [7, 11) is 0. The lowest BCUT2D eigenvalue weighted by Gasteiger charge is -2.26. The predicted octanol–water partition coefficient (Wildman–Crippen LogP) is 4.72.